The summed E-state index contributed by atoms with van der Waals surface area (Å²) in [5.41, 5.74) is 1.36. The molecule has 1 amide bonds. The molecule has 0 aliphatic carbocycles. The Morgan fingerprint density at radius 2 is 1.92 bits per heavy atom. The van der Waals surface area contributed by atoms with Crippen molar-refractivity contribution in [1.82, 2.24) is 10.5 Å². The van der Waals surface area contributed by atoms with E-state index in [1.165, 1.54) is 6.92 Å². The molecule has 2 rings (SSSR count). The normalized spacial score (nSPS) is 13.2. The minimum absolute atomic E-state index is 0.230. The van der Waals surface area contributed by atoms with Crippen LogP contribution in [0.5, 0.6) is 0 Å². The number of amides is 1. The van der Waals surface area contributed by atoms with Gasteiger partial charge in [0, 0.05) is 10.0 Å². The molecule has 0 saturated carbocycles. The third-order valence-corrected chi connectivity index (χ3v) is 4.24. The molecule has 25 heavy (non-hydrogen) atoms. The molecule has 1 aromatic carbocycles. The first kappa shape index (κ1) is 19.3. The summed E-state index contributed by atoms with van der Waals surface area (Å²) in [6.07, 6.45) is -0.991. The first-order chi connectivity index (χ1) is 11.7. The van der Waals surface area contributed by atoms with Crippen molar-refractivity contribution in [3.63, 3.8) is 0 Å². The monoisotopic (exact) mass is 384 g/mol. The van der Waals surface area contributed by atoms with Crippen LogP contribution in [0.2, 0.25) is 10.0 Å². The number of carbonyl (C=O) groups is 2. The number of benzene rings is 1. The molecule has 134 valence electrons. The van der Waals surface area contributed by atoms with E-state index in [1.807, 2.05) is 0 Å². The fraction of sp³-hybridized carbons (Fsp3) is 0.353. The van der Waals surface area contributed by atoms with E-state index in [2.05, 4.69) is 10.5 Å². The van der Waals surface area contributed by atoms with Gasteiger partial charge >= 0.3 is 5.97 Å². The highest BCUT2D eigenvalue weighted by atomic mass is 35.5. The molecule has 1 aromatic heterocycles. The van der Waals surface area contributed by atoms with Crippen LogP contribution >= 0.6 is 23.2 Å². The molecule has 0 fully saturated rings. The van der Waals surface area contributed by atoms with Crippen molar-refractivity contribution in [1.29, 1.82) is 0 Å². The number of nitrogens with one attached hydrogen (secondary N) is 1. The molecule has 0 aliphatic heterocycles. The Hall–Kier alpha value is -2.05. The van der Waals surface area contributed by atoms with Gasteiger partial charge in [-0.3, -0.25) is 4.79 Å². The largest absolute Gasteiger partial charge is 0.449 e. The van der Waals surface area contributed by atoms with Gasteiger partial charge in [-0.2, -0.15) is 0 Å². The molecule has 8 heteroatoms. The van der Waals surface area contributed by atoms with Gasteiger partial charge in [-0.1, -0.05) is 34.4 Å². The molecule has 1 heterocycles. The molecule has 1 N–H and O–H groups in total. The standard InChI is InChI=1S/C17H18Cl2N2O4/c1-8(13-6-5-12(18)7-14(13)19)20-16(22)11(4)24-17(23)15-9(2)21-25-10(15)3/h5-8,11H,1-4H3,(H,20,22)/t8-,11+/m0/s1. The zero-order valence-corrected chi connectivity index (χ0v) is 15.7. The van der Waals surface area contributed by atoms with Crippen LogP contribution in [0.4, 0.5) is 0 Å². The first-order valence-corrected chi connectivity index (χ1v) is 8.35. The van der Waals surface area contributed by atoms with Crippen LogP contribution in [-0.4, -0.2) is 23.1 Å². The second kappa shape index (κ2) is 7.89. The molecule has 2 atom stereocenters. The third kappa shape index (κ3) is 4.52. The number of rotatable bonds is 5. The fourth-order valence-electron chi connectivity index (χ4n) is 2.31. The molecular formula is C17H18Cl2N2O4. The van der Waals surface area contributed by atoms with E-state index >= 15 is 0 Å². The van der Waals surface area contributed by atoms with Gasteiger partial charge in [-0.15, -0.1) is 0 Å². The predicted octanol–water partition coefficient (Wildman–Crippen LogP) is 4.02. The van der Waals surface area contributed by atoms with Gasteiger partial charge in [0.25, 0.3) is 5.91 Å². The fourth-order valence-corrected chi connectivity index (χ4v) is 2.88. The van der Waals surface area contributed by atoms with Crippen LogP contribution in [0.25, 0.3) is 0 Å². The lowest BCUT2D eigenvalue weighted by atomic mass is 10.1. The Bertz CT molecular complexity index is 784. The molecule has 2 aromatic rings. The summed E-state index contributed by atoms with van der Waals surface area (Å²) in [5, 5.41) is 7.40. The smallest absolute Gasteiger partial charge is 0.344 e. The van der Waals surface area contributed by atoms with E-state index in [4.69, 9.17) is 32.5 Å². The van der Waals surface area contributed by atoms with E-state index in [0.717, 1.165) is 0 Å². The highest BCUT2D eigenvalue weighted by molar-refractivity contribution is 6.35. The number of hydrogen-bond acceptors (Lipinski definition) is 5. The number of nitrogens with zero attached hydrogens (tertiary/aromatic N) is 1. The van der Waals surface area contributed by atoms with Crippen LogP contribution in [0.15, 0.2) is 22.7 Å². The number of aromatic nitrogens is 1. The van der Waals surface area contributed by atoms with Gasteiger partial charge in [0.15, 0.2) is 6.10 Å². The summed E-state index contributed by atoms with van der Waals surface area (Å²) in [4.78, 5) is 24.5. The second-order valence-electron chi connectivity index (χ2n) is 5.64. The van der Waals surface area contributed by atoms with Gasteiger partial charge in [-0.05, 0) is 45.4 Å². The lowest BCUT2D eigenvalue weighted by Gasteiger charge is -2.19. The highest BCUT2D eigenvalue weighted by Crippen LogP contribution is 2.26. The minimum Gasteiger partial charge on any atom is -0.449 e. The van der Waals surface area contributed by atoms with Crippen LogP contribution in [0.3, 0.4) is 0 Å². The molecule has 0 saturated heterocycles. The van der Waals surface area contributed by atoms with Crippen molar-refractivity contribution < 1.29 is 18.8 Å². The second-order valence-corrected chi connectivity index (χ2v) is 6.49. The van der Waals surface area contributed by atoms with E-state index in [-0.39, 0.29) is 11.6 Å². The van der Waals surface area contributed by atoms with Gasteiger partial charge < -0.3 is 14.6 Å². The molecular weight excluding hydrogens is 367 g/mol. The van der Waals surface area contributed by atoms with Crippen LogP contribution in [-0.2, 0) is 9.53 Å². The van der Waals surface area contributed by atoms with Crippen molar-refractivity contribution in [2.24, 2.45) is 0 Å². The topological polar surface area (TPSA) is 81.4 Å². The maximum absolute atomic E-state index is 12.3. The summed E-state index contributed by atoms with van der Waals surface area (Å²) in [5.74, 6) is -0.758. The van der Waals surface area contributed by atoms with Crippen molar-refractivity contribution in [3.05, 3.63) is 50.8 Å². The lowest BCUT2D eigenvalue weighted by Crippen LogP contribution is -2.37. The maximum atomic E-state index is 12.3. The van der Waals surface area contributed by atoms with Crippen molar-refractivity contribution in [2.75, 3.05) is 0 Å². The Balaban J connectivity index is 2.01. The Morgan fingerprint density at radius 1 is 1.24 bits per heavy atom. The highest BCUT2D eigenvalue weighted by Gasteiger charge is 2.25. The maximum Gasteiger partial charge on any atom is 0.344 e. The third-order valence-electron chi connectivity index (χ3n) is 3.68. The van der Waals surface area contributed by atoms with E-state index in [9.17, 15) is 9.59 Å². The molecule has 0 bridgehead atoms. The molecule has 0 radical (unpaired) electrons. The van der Waals surface area contributed by atoms with Gasteiger partial charge in [0.05, 0.1) is 11.7 Å². The summed E-state index contributed by atoms with van der Waals surface area (Å²) >= 11 is 12.0. The quantitative estimate of drug-likeness (QED) is 0.787. The Labute approximate surface area is 155 Å². The van der Waals surface area contributed by atoms with Crippen molar-refractivity contribution in [3.8, 4) is 0 Å². The summed E-state index contributed by atoms with van der Waals surface area (Å²) < 4.78 is 10.1. The van der Waals surface area contributed by atoms with Crippen LogP contribution < -0.4 is 5.32 Å². The predicted molar refractivity (Wildman–Crippen MR) is 93.9 cm³/mol. The average molecular weight is 385 g/mol. The zero-order valence-electron chi connectivity index (χ0n) is 14.2. The lowest BCUT2D eigenvalue weighted by molar-refractivity contribution is -0.129. The summed E-state index contributed by atoms with van der Waals surface area (Å²) in [7, 11) is 0. The van der Waals surface area contributed by atoms with E-state index in [1.54, 1.807) is 39.0 Å². The van der Waals surface area contributed by atoms with Crippen LogP contribution in [0.1, 0.15) is 47.3 Å². The molecule has 0 spiro atoms. The number of ether oxygens (including phenoxy) is 1. The Morgan fingerprint density at radius 3 is 2.48 bits per heavy atom. The number of carbonyl (C=O) groups excluding carboxylic acids is 2. The molecule has 0 aliphatic rings. The average Bonchev–Trinajstić information content (AvgIpc) is 2.85. The van der Waals surface area contributed by atoms with Gasteiger partial charge in [-0.25, -0.2) is 4.79 Å². The number of hydrogen-bond donors (Lipinski definition) is 1. The number of esters is 1. The van der Waals surface area contributed by atoms with Crippen molar-refractivity contribution >= 4 is 35.1 Å². The Kier molecular flexibility index (Phi) is 6.08. The van der Waals surface area contributed by atoms with Gasteiger partial charge in [0.2, 0.25) is 0 Å². The van der Waals surface area contributed by atoms with Gasteiger partial charge in [0.1, 0.15) is 11.3 Å². The first-order valence-electron chi connectivity index (χ1n) is 7.60. The molecule has 0 unspecified atom stereocenters. The van der Waals surface area contributed by atoms with Crippen molar-refractivity contribution in [2.45, 2.75) is 39.8 Å². The van der Waals surface area contributed by atoms with Crippen LogP contribution in [0, 0.1) is 13.8 Å². The van der Waals surface area contributed by atoms with E-state index in [0.29, 0.717) is 27.1 Å². The van der Waals surface area contributed by atoms with E-state index < -0.39 is 18.0 Å². The SMILES string of the molecule is Cc1noc(C)c1C(=O)O[C@H](C)C(=O)N[C@@H](C)c1ccc(Cl)cc1Cl. The summed E-state index contributed by atoms with van der Waals surface area (Å²) in [6, 6.07) is 4.64. The number of halogens is 2. The minimum atomic E-state index is -0.991. The summed E-state index contributed by atoms with van der Waals surface area (Å²) in [6.45, 7) is 6.49. The molecule has 6 nitrogen and oxygen atoms in total. The zero-order chi connectivity index (χ0) is 18.7. The number of aryl methyl sites for hydroxylation is 2.